The van der Waals surface area contributed by atoms with E-state index in [9.17, 15) is 9.18 Å². The Morgan fingerprint density at radius 2 is 1.89 bits per heavy atom. The smallest absolute Gasteiger partial charge is 0.309 e. The van der Waals surface area contributed by atoms with Gasteiger partial charge in [0.1, 0.15) is 5.82 Å². The van der Waals surface area contributed by atoms with Gasteiger partial charge in [-0.1, -0.05) is 25.1 Å². The van der Waals surface area contributed by atoms with E-state index < -0.39 is 0 Å². The number of esters is 1. The molecule has 0 fully saturated rings. The minimum absolute atomic E-state index is 0.0907. The highest BCUT2D eigenvalue weighted by molar-refractivity contribution is 5.72. The predicted molar refractivity (Wildman–Crippen MR) is 68.6 cm³/mol. The number of ether oxygens (including phenoxy) is 1. The summed E-state index contributed by atoms with van der Waals surface area (Å²) in [6.07, 6.45) is 0. The molecule has 0 radical (unpaired) electrons. The van der Waals surface area contributed by atoms with Crippen molar-refractivity contribution in [2.45, 2.75) is 32.9 Å². The van der Waals surface area contributed by atoms with Crippen LogP contribution in [0.4, 0.5) is 4.39 Å². The molecule has 0 heterocycles. The van der Waals surface area contributed by atoms with Crippen molar-refractivity contribution in [1.29, 1.82) is 0 Å². The molecule has 0 bridgehead atoms. The quantitative estimate of drug-likeness (QED) is 0.820. The molecular formula is C14H20FNO2. The summed E-state index contributed by atoms with van der Waals surface area (Å²) < 4.78 is 18.3. The van der Waals surface area contributed by atoms with Crippen LogP contribution in [0, 0.1) is 11.7 Å². The van der Waals surface area contributed by atoms with Crippen LogP contribution in [0.15, 0.2) is 24.3 Å². The molecule has 0 aromatic heterocycles. The fraction of sp³-hybridized carbons (Fsp3) is 0.500. The maximum Gasteiger partial charge on any atom is 0.309 e. The van der Waals surface area contributed by atoms with Crippen LogP contribution in [-0.4, -0.2) is 19.1 Å². The van der Waals surface area contributed by atoms with Crippen molar-refractivity contribution in [1.82, 2.24) is 5.32 Å². The van der Waals surface area contributed by atoms with Crippen molar-refractivity contribution >= 4 is 5.97 Å². The molecule has 100 valence electrons. The van der Waals surface area contributed by atoms with E-state index in [1.807, 2.05) is 13.8 Å². The zero-order valence-corrected chi connectivity index (χ0v) is 11.2. The second-order valence-corrected chi connectivity index (χ2v) is 4.51. The third kappa shape index (κ3) is 3.53. The lowest BCUT2D eigenvalue weighted by Gasteiger charge is -2.24. The van der Waals surface area contributed by atoms with E-state index in [1.54, 1.807) is 25.1 Å². The van der Waals surface area contributed by atoms with Gasteiger partial charge in [0.15, 0.2) is 0 Å². The highest BCUT2D eigenvalue weighted by atomic mass is 19.1. The molecule has 1 aromatic rings. The zero-order chi connectivity index (χ0) is 13.7. The molecule has 0 amide bonds. The monoisotopic (exact) mass is 253 g/mol. The Balaban J connectivity index is 2.68. The van der Waals surface area contributed by atoms with E-state index in [1.165, 1.54) is 13.2 Å². The van der Waals surface area contributed by atoms with E-state index >= 15 is 0 Å². The van der Waals surface area contributed by atoms with Gasteiger partial charge in [-0.05, 0) is 19.9 Å². The molecule has 1 rings (SSSR count). The van der Waals surface area contributed by atoms with Gasteiger partial charge < -0.3 is 10.1 Å². The standard InChI is InChI=1S/C14H20FNO2/c1-9(14(17)18-4)10(2)16-11(3)12-7-5-6-8-13(12)15/h5-11,16H,1-4H3. The summed E-state index contributed by atoms with van der Waals surface area (Å²) in [7, 11) is 1.37. The molecule has 1 N–H and O–H groups in total. The first-order chi connectivity index (χ1) is 8.47. The minimum atomic E-state index is -0.274. The molecule has 1 aromatic carbocycles. The Labute approximate surface area is 107 Å². The molecular weight excluding hydrogens is 233 g/mol. The Hall–Kier alpha value is -1.42. The van der Waals surface area contributed by atoms with Crippen LogP contribution in [0.2, 0.25) is 0 Å². The van der Waals surface area contributed by atoms with Gasteiger partial charge in [-0.25, -0.2) is 4.39 Å². The van der Waals surface area contributed by atoms with E-state index in [0.717, 1.165) is 0 Å². The van der Waals surface area contributed by atoms with Gasteiger partial charge in [-0.2, -0.15) is 0 Å². The molecule has 0 saturated carbocycles. The van der Waals surface area contributed by atoms with Crippen LogP contribution in [-0.2, 0) is 9.53 Å². The van der Waals surface area contributed by atoms with E-state index in [0.29, 0.717) is 5.56 Å². The molecule has 0 spiro atoms. The topological polar surface area (TPSA) is 38.3 Å². The van der Waals surface area contributed by atoms with Crippen molar-refractivity contribution in [3.8, 4) is 0 Å². The highest BCUT2D eigenvalue weighted by Crippen LogP contribution is 2.18. The molecule has 18 heavy (non-hydrogen) atoms. The van der Waals surface area contributed by atoms with E-state index in [-0.39, 0.29) is 29.8 Å². The summed E-state index contributed by atoms with van der Waals surface area (Å²) in [6.45, 7) is 5.55. The number of hydrogen-bond acceptors (Lipinski definition) is 3. The Kier molecular flexibility index (Phi) is 5.28. The van der Waals surface area contributed by atoms with Gasteiger partial charge in [0.05, 0.1) is 13.0 Å². The van der Waals surface area contributed by atoms with Gasteiger partial charge in [0, 0.05) is 17.6 Å². The molecule has 0 aliphatic rings. The van der Waals surface area contributed by atoms with Crippen molar-refractivity contribution in [3.05, 3.63) is 35.6 Å². The molecule has 3 unspecified atom stereocenters. The van der Waals surface area contributed by atoms with Crippen LogP contribution in [0.3, 0.4) is 0 Å². The van der Waals surface area contributed by atoms with Gasteiger partial charge in [0.2, 0.25) is 0 Å². The van der Waals surface area contributed by atoms with Crippen molar-refractivity contribution in [2.24, 2.45) is 5.92 Å². The summed E-state index contributed by atoms with van der Waals surface area (Å²) in [5.41, 5.74) is 0.599. The van der Waals surface area contributed by atoms with Crippen LogP contribution in [0.1, 0.15) is 32.4 Å². The summed E-state index contributed by atoms with van der Waals surface area (Å²) >= 11 is 0. The average molecular weight is 253 g/mol. The molecule has 0 aliphatic heterocycles. The number of benzene rings is 1. The summed E-state index contributed by atoms with van der Waals surface area (Å²) in [6, 6.07) is 6.38. The summed E-state index contributed by atoms with van der Waals surface area (Å²) in [4.78, 5) is 11.4. The molecule has 0 aliphatic carbocycles. The maximum atomic E-state index is 13.6. The first-order valence-electron chi connectivity index (χ1n) is 6.05. The average Bonchev–Trinajstić information content (AvgIpc) is 2.37. The van der Waals surface area contributed by atoms with Crippen LogP contribution in [0.25, 0.3) is 0 Å². The Bertz CT molecular complexity index is 409. The molecule has 4 heteroatoms. The van der Waals surface area contributed by atoms with Crippen LogP contribution >= 0.6 is 0 Å². The highest BCUT2D eigenvalue weighted by Gasteiger charge is 2.23. The number of methoxy groups -OCH3 is 1. The van der Waals surface area contributed by atoms with Gasteiger partial charge in [-0.15, -0.1) is 0 Å². The normalized spacial score (nSPS) is 15.8. The largest absolute Gasteiger partial charge is 0.469 e. The van der Waals surface area contributed by atoms with Gasteiger partial charge in [0.25, 0.3) is 0 Å². The van der Waals surface area contributed by atoms with E-state index in [2.05, 4.69) is 5.32 Å². The second-order valence-electron chi connectivity index (χ2n) is 4.51. The van der Waals surface area contributed by atoms with Gasteiger partial charge in [-0.3, -0.25) is 4.79 Å². The third-order valence-electron chi connectivity index (χ3n) is 3.21. The lowest BCUT2D eigenvalue weighted by Crippen LogP contribution is -2.38. The van der Waals surface area contributed by atoms with Gasteiger partial charge >= 0.3 is 5.97 Å². The number of carbonyl (C=O) groups excluding carboxylic acids is 1. The first kappa shape index (κ1) is 14.6. The van der Waals surface area contributed by atoms with Crippen LogP contribution in [0.5, 0.6) is 0 Å². The number of carbonyl (C=O) groups is 1. The second kappa shape index (κ2) is 6.50. The SMILES string of the molecule is COC(=O)C(C)C(C)NC(C)c1ccccc1F. The third-order valence-corrected chi connectivity index (χ3v) is 3.21. The number of hydrogen-bond donors (Lipinski definition) is 1. The Morgan fingerprint density at radius 1 is 1.28 bits per heavy atom. The molecule has 3 atom stereocenters. The first-order valence-corrected chi connectivity index (χ1v) is 6.05. The minimum Gasteiger partial charge on any atom is -0.469 e. The lowest BCUT2D eigenvalue weighted by molar-refractivity contribution is -0.145. The predicted octanol–water partition coefficient (Wildman–Crippen LogP) is 2.67. The lowest BCUT2D eigenvalue weighted by atomic mass is 10.0. The van der Waals surface area contributed by atoms with Crippen molar-refractivity contribution in [2.75, 3.05) is 7.11 Å². The fourth-order valence-corrected chi connectivity index (χ4v) is 1.84. The molecule has 0 saturated heterocycles. The zero-order valence-electron chi connectivity index (χ0n) is 11.2. The summed E-state index contributed by atoms with van der Waals surface area (Å²) in [5, 5.41) is 3.21. The van der Waals surface area contributed by atoms with E-state index in [4.69, 9.17) is 4.74 Å². The van der Waals surface area contributed by atoms with Crippen molar-refractivity contribution < 1.29 is 13.9 Å². The van der Waals surface area contributed by atoms with Crippen LogP contribution < -0.4 is 5.32 Å². The summed E-state index contributed by atoms with van der Waals surface area (Å²) in [5.74, 6) is -0.782. The number of nitrogens with one attached hydrogen (secondary N) is 1. The fourth-order valence-electron chi connectivity index (χ4n) is 1.84. The maximum absolute atomic E-state index is 13.6. The van der Waals surface area contributed by atoms with Crippen molar-refractivity contribution in [3.63, 3.8) is 0 Å². The number of rotatable bonds is 5. The Morgan fingerprint density at radius 3 is 2.44 bits per heavy atom. The number of halogens is 1. The molecule has 3 nitrogen and oxygen atoms in total.